The summed E-state index contributed by atoms with van der Waals surface area (Å²) in [7, 11) is 1.60. The van der Waals surface area contributed by atoms with Crippen LogP contribution < -0.4 is 24.4 Å². The summed E-state index contributed by atoms with van der Waals surface area (Å²) < 4.78 is 21.4. The third-order valence-electron chi connectivity index (χ3n) is 7.28. The number of ether oxygens (including phenoxy) is 3. The van der Waals surface area contributed by atoms with E-state index in [-0.39, 0.29) is 12.2 Å². The number of thiazole rings is 1. The van der Waals surface area contributed by atoms with E-state index in [0.717, 1.165) is 23.8 Å². The lowest BCUT2D eigenvalue weighted by atomic mass is 9.93. The normalized spacial score (nSPS) is 14.8. The van der Waals surface area contributed by atoms with Gasteiger partial charge in [0, 0.05) is 3.57 Å². The van der Waals surface area contributed by atoms with Crippen LogP contribution in [0.4, 0.5) is 0 Å². The smallest absolute Gasteiger partial charge is 0.338 e. The lowest BCUT2D eigenvalue weighted by molar-refractivity contribution is -0.139. The van der Waals surface area contributed by atoms with Crippen LogP contribution in [0.1, 0.15) is 61.9 Å². The molecule has 4 aromatic rings. The molecule has 3 aromatic carbocycles. The van der Waals surface area contributed by atoms with Crippen LogP contribution >= 0.6 is 56.5 Å². The van der Waals surface area contributed by atoms with E-state index in [4.69, 9.17) is 19.2 Å². The van der Waals surface area contributed by atoms with Gasteiger partial charge in [0.25, 0.3) is 5.56 Å². The Hall–Kier alpha value is -2.97. The van der Waals surface area contributed by atoms with Crippen molar-refractivity contribution in [1.29, 1.82) is 0 Å². The van der Waals surface area contributed by atoms with Crippen LogP contribution in [0.5, 0.6) is 11.5 Å². The number of hydrogen-bond donors (Lipinski definition) is 0. The number of hydrogen-bond acceptors (Lipinski definition) is 7. The monoisotopic (exact) mass is 834 g/mol. The molecule has 0 N–H and O–H groups in total. The van der Waals surface area contributed by atoms with Crippen molar-refractivity contribution >= 4 is 68.6 Å². The number of methoxy groups -OCH3 is 1. The second-order valence-electron chi connectivity index (χ2n) is 10.6. The molecule has 1 aliphatic rings. The molecule has 0 spiro atoms. The van der Waals surface area contributed by atoms with Crippen LogP contribution in [-0.4, -0.2) is 24.3 Å². The SMILES string of the molecule is CCOC(=O)C1=C(C)N=c2sc(=Cc3cc(I)c(OCc4ccc(I)cc4)c(OC)c3)c(=O)n2C1c1ccc(C(C)C)cc1. The van der Waals surface area contributed by atoms with Crippen molar-refractivity contribution in [2.45, 2.75) is 46.3 Å². The zero-order valence-electron chi connectivity index (χ0n) is 25.0. The third-order valence-corrected chi connectivity index (χ3v) is 9.79. The summed E-state index contributed by atoms with van der Waals surface area (Å²) in [5, 5.41) is 0. The number of allylic oxidation sites excluding steroid dienone is 1. The Morgan fingerprint density at radius 2 is 1.80 bits per heavy atom. The van der Waals surface area contributed by atoms with Gasteiger partial charge in [-0.15, -0.1) is 0 Å². The number of aromatic nitrogens is 1. The van der Waals surface area contributed by atoms with Gasteiger partial charge in [0.2, 0.25) is 0 Å². The fourth-order valence-electron chi connectivity index (χ4n) is 5.02. The first-order valence-electron chi connectivity index (χ1n) is 14.2. The van der Waals surface area contributed by atoms with Gasteiger partial charge < -0.3 is 14.2 Å². The molecule has 1 aliphatic heterocycles. The molecular formula is C34H32I2N2O5S. The van der Waals surface area contributed by atoms with Gasteiger partial charge in [-0.2, -0.15) is 0 Å². The zero-order chi connectivity index (χ0) is 31.5. The lowest BCUT2D eigenvalue weighted by Crippen LogP contribution is -2.39. The maximum Gasteiger partial charge on any atom is 0.338 e. The number of carbonyl (C=O) groups excluding carboxylic acids is 1. The van der Waals surface area contributed by atoms with E-state index in [1.54, 1.807) is 25.5 Å². The number of carbonyl (C=O) groups is 1. The summed E-state index contributed by atoms with van der Waals surface area (Å²) in [6.07, 6.45) is 1.83. The second kappa shape index (κ2) is 14.0. The summed E-state index contributed by atoms with van der Waals surface area (Å²) in [5.41, 5.74) is 4.53. The average molecular weight is 835 g/mol. The fraction of sp³-hybridized carbons (Fsp3) is 0.265. The van der Waals surface area contributed by atoms with Gasteiger partial charge in [-0.25, -0.2) is 9.79 Å². The first-order chi connectivity index (χ1) is 21.1. The molecule has 0 radical (unpaired) electrons. The first kappa shape index (κ1) is 32.4. The topological polar surface area (TPSA) is 79.1 Å². The molecule has 5 rings (SSSR count). The van der Waals surface area contributed by atoms with E-state index < -0.39 is 12.0 Å². The highest BCUT2D eigenvalue weighted by molar-refractivity contribution is 14.1. The van der Waals surface area contributed by atoms with Crippen LogP contribution in [0.2, 0.25) is 0 Å². The number of nitrogens with zero attached hydrogens (tertiary/aromatic N) is 2. The van der Waals surface area contributed by atoms with Crippen molar-refractivity contribution in [2.24, 2.45) is 4.99 Å². The van der Waals surface area contributed by atoms with Gasteiger partial charge >= 0.3 is 5.97 Å². The first-order valence-corrected chi connectivity index (χ1v) is 17.1. The van der Waals surface area contributed by atoms with Crippen LogP contribution in [0.3, 0.4) is 0 Å². The van der Waals surface area contributed by atoms with Crippen molar-refractivity contribution in [3.05, 3.63) is 121 Å². The van der Waals surface area contributed by atoms with Crippen molar-refractivity contribution in [1.82, 2.24) is 4.57 Å². The van der Waals surface area contributed by atoms with Crippen molar-refractivity contribution in [2.75, 3.05) is 13.7 Å². The molecule has 0 bridgehead atoms. The molecule has 7 nitrogen and oxygen atoms in total. The maximum absolute atomic E-state index is 14.0. The quantitative estimate of drug-likeness (QED) is 0.138. The van der Waals surface area contributed by atoms with Crippen molar-refractivity contribution in [3.63, 3.8) is 0 Å². The summed E-state index contributed by atoms with van der Waals surface area (Å²) >= 11 is 5.80. The minimum Gasteiger partial charge on any atom is -0.493 e. The zero-order valence-corrected chi connectivity index (χ0v) is 30.2. The van der Waals surface area contributed by atoms with E-state index in [0.29, 0.717) is 44.6 Å². The minimum atomic E-state index is -0.652. The fourth-order valence-corrected chi connectivity index (χ4v) is 7.21. The Labute approximate surface area is 287 Å². The molecule has 0 fully saturated rings. The number of benzene rings is 3. The van der Waals surface area contributed by atoms with Crippen LogP contribution in [0.25, 0.3) is 6.08 Å². The van der Waals surface area contributed by atoms with E-state index in [2.05, 4.69) is 59.0 Å². The molecule has 10 heteroatoms. The molecule has 1 atom stereocenters. The molecule has 0 saturated carbocycles. The van der Waals surface area contributed by atoms with Gasteiger partial charge in [0.15, 0.2) is 16.3 Å². The molecule has 1 unspecified atom stereocenters. The van der Waals surface area contributed by atoms with Crippen molar-refractivity contribution < 1.29 is 19.0 Å². The molecule has 44 heavy (non-hydrogen) atoms. The maximum atomic E-state index is 14.0. The number of esters is 1. The second-order valence-corrected chi connectivity index (χ2v) is 14.0. The van der Waals surface area contributed by atoms with Gasteiger partial charge in [-0.1, -0.05) is 61.6 Å². The van der Waals surface area contributed by atoms with Gasteiger partial charge in [-0.3, -0.25) is 9.36 Å². The molecule has 0 amide bonds. The van der Waals surface area contributed by atoms with Gasteiger partial charge in [0.1, 0.15) is 6.61 Å². The largest absolute Gasteiger partial charge is 0.493 e. The standard InChI is InChI=1S/C34H32I2N2O5S/c1-6-42-33(40)29-20(4)37-34-38(30(29)24-11-9-23(10-12-24)19(2)3)32(39)28(44-34)17-22-15-26(36)31(27(16-22)41-5)43-18-21-7-13-25(35)14-8-21/h7-17,19,30H,6,18H2,1-5H3. The highest BCUT2D eigenvalue weighted by atomic mass is 127. The lowest BCUT2D eigenvalue weighted by Gasteiger charge is -2.25. The number of fused-ring (bicyclic) bond motifs is 1. The predicted octanol–water partition coefficient (Wildman–Crippen LogP) is 6.72. The molecule has 2 heterocycles. The molecule has 0 aliphatic carbocycles. The number of rotatable bonds is 9. The van der Waals surface area contributed by atoms with E-state index in [1.807, 2.05) is 66.7 Å². The summed E-state index contributed by atoms with van der Waals surface area (Å²) in [5.74, 6) is 1.10. The van der Waals surface area contributed by atoms with E-state index in [1.165, 1.54) is 16.9 Å². The molecule has 228 valence electrons. The van der Waals surface area contributed by atoms with E-state index in [9.17, 15) is 9.59 Å². The summed E-state index contributed by atoms with van der Waals surface area (Å²) in [6.45, 7) is 8.45. The Balaban J connectivity index is 1.57. The summed E-state index contributed by atoms with van der Waals surface area (Å²) in [6, 6.07) is 19.4. The number of halogens is 2. The Kier molecular flexibility index (Phi) is 10.3. The van der Waals surface area contributed by atoms with Gasteiger partial charge in [0.05, 0.1) is 39.1 Å². The highest BCUT2D eigenvalue weighted by Crippen LogP contribution is 2.35. The average Bonchev–Trinajstić information content (AvgIpc) is 3.30. The molecule has 1 aromatic heterocycles. The minimum absolute atomic E-state index is 0.226. The van der Waals surface area contributed by atoms with Crippen LogP contribution in [-0.2, 0) is 16.1 Å². The Morgan fingerprint density at radius 3 is 2.43 bits per heavy atom. The van der Waals surface area contributed by atoms with E-state index >= 15 is 0 Å². The Morgan fingerprint density at radius 1 is 1.09 bits per heavy atom. The molecule has 0 saturated heterocycles. The Bertz CT molecular complexity index is 1910. The van der Waals surface area contributed by atoms with Crippen LogP contribution in [0.15, 0.2) is 81.7 Å². The predicted molar refractivity (Wildman–Crippen MR) is 190 cm³/mol. The molecular weight excluding hydrogens is 802 g/mol. The summed E-state index contributed by atoms with van der Waals surface area (Å²) in [4.78, 5) is 32.5. The third kappa shape index (κ3) is 6.81. The van der Waals surface area contributed by atoms with Crippen LogP contribution in [0, 0.1) is 7.14 Å². The highest BCUT2D eigenvalue weighted by Gasteiger charge is 2.33. The van der Waals surface area contributed by atoms with Crippen molar-refractivity contribution in [3.8, 4) is 11.5 Å². The van der Waals surface area contributed by atoms with Gasteiger partial charge in [-0.05, 0) is 118 Å².